The molecule has 0 radical (unpaired) electrons. The van der Waals surface area contributed by atoms with Gasteiger partial charge in [-0.3, -0.25) is 0 Å². The second kappa shape index (κ2) is 6.12. The van der Waals surface area contributed by atoms with Crippen molar-refractivity contribution in [3.8, 4) is 0 Å². The third-order valence-corrected chi connectivity index (χ3v) is 3.96. The van der Waals surface area contributed by atoms with Crippen molar-refractivity contribution in [3.63, 3.8) is 0 Å². The standard InChI is InChI=1S/C15H19F4N/c1-2-20-14(10-6-3-4-7-10)11-8-5-9-12(13(11)16)15(17,18)19/h5,8-10,14,20H,2-4,6-7H2,1H3. The molecule has 5 heteroatoms. The van der Waals surface area contributed by atoms with Gasteiger partial charge in [-0.05, 0) is 31.4 Å². The highest BCUT2D eigenvalue weighted by molar-refractivity contribution is 5.31. The summed E-state index contributed by atoms with van der Waals surface area (Å²) in [6, 6.07) is 3.23. The van der Waals surface area contributed by atoms with Gasteiger partial charge in [-0.1, -0.05) is 31.9 Å². The maximum Gasteiger partial charge on any atom is 0.419 e. The van der Waals surface area contributed by atoms with Crippen LogP contribution in [0, 0.1) is 11.7 Å². The molecule has 1 aromatic carbocycles. The van der Waals surface area contributed by atoms with Crippen molar-refractivity contribution in [2.75, 3.05) is 6.54 Å². The van der Waals surface area contributed by atoms with Crippen LogP contribution >= 0.6 is 0 Å². The Morgan fingerprint density at radius 2 is 1.90 bits per heavy atom. The third kappa shape index (κ3) is 3.14. The molecule has 0 aromatic heterocycles. The van der Waals surface area contributed by atoms with Crippen molar-refractivity contribution in [1.29, 1.82) is 0 Å². The monoisotopic (exact) mass is 289 g/mol. The van der Waals surface area contributed by atoms with Gasteiger partial charge in [0, 0.05) is 11.6 Å². The van der Waals surface area contributed by atoms with Crippen molar-refractivity contribution in [2.45, 2.75) is 44.8 Å². The van der Waals surface area contributed by atoms with Gasteiger partial charge in [0.05, 0.1) is 5.56 Å². The largest absolute Gasteiger partial charge is 0.419 e. The van der Waals surface area contributed by atoms with Crippen molar-refractivity contribution >= 4 is 0 Å². The molecule has 20 heavy (non-hydrogen) atoms. The average molecular weight is 289 g/mol. The molecule has 0 spiro atoms. The van der Waals surface area contributed by atoms with Crippen molar-refractivity contribution in [3.05, 3.63) is 35.1 Å². The molecule has 1 aliphatic carbocycles. The van der Waals surface area contributed by atoms with Crippen molar-refractivity contribution < 1.29 is 17.6 Å². The summed E-state index contributed by atoms with van der Waals surface area (Å²) in [6.45, 7) is 2.49. The Hall–Kier alpha value is -1.10. The summed E-state index contributed by atoms with van der Waals surface area (Å²) >= 11 is 0. The molecule has 0 saturated heterocycles. The molecule has 0 bridgehead atoms. The lowest BCUT2D eigenvalue weighted by Crippen LogP contribution is -2.28. The lowest BCUT2D eigenvalue weighted by molar-refractivity contribution is -0.140. The van der Waals surface area contributed by atoms with Gasteiger partial charge in [0.25, 0.3) is 0 Å². The number of alkyl halides is 3. The zero-order valence-corrected chi connectivity index (χ0v) is 11.4. The fraction of sp³-hybridized carbons (Fsp3) is 0.600. The zero-order chi connectivity index (χ0) is 14.8. The van der Waals surface area contributed by atoms with Crippen LogP contribution < -0.4 is 5.32 Å². The van der Waals surface area contributed by atoms with Crippen LogP contribution in [0.4, 0.5) is 17.6 Å². The first-order chi connectivity index (χ1) is 9.45. The summed E-state index contributed by atoms with van der Waals surface area (Å²) in [6.07, 6.45) is -0.645. The van der Waals surface area contributed by atoms with Crippen molar-refractivity contribution in [2.24, 2.45) is 5.92 Å². The van der Waals surface area contributed by atoms with Crippen LogP contribution in [0.25, 0.3) is 0 Å². The summed E-state index contributed by atoms with van der Waals surface area (Å²) in [5.41, 5.74) is -1.02. The maximum atomic E-state index is 14.2. The molecule has 1 aromatic rings. The second-order valence-electron chi connectivity index (χ2n) is 5.29. The molecule has 0 aliphatic heterocycles. The van der Waals surface area contributed by atoms with Crippen LogP contribution in [0.1, 0.15) is 49.8 Å². The normalized spacial score (nSPS) is 18.4. The molecule has 1 unspecified atom stereocenters. The van der Waals surface area contributed by atoms with E-state index in [-0.39, 0.29) is 17.5 Å². The van der Waals surface area contributed by atoms with E-state index in [1.807, 2.05) is 6.92 Å². The number of hydrogen-bond acceptors (Lipinski definition) is 1. The van der Waals surface area contributed by atoms with Gasteiger partial charge in [0.15, 0.2) is 0 Å². The molecular weight excluding hydrogens is 270 g/mol. The van der Waals surface area contributed by atoms with Crippen LogP contribution in [0.5, 0.6) is 0 Å². The predicted molar refractivity (Wildman–Crippen MR) is 69.8 cm³/mol. The Bertz CT molecular complexity index is 450. The summed E-state index contributed by atoms with van der Waals surface area (Å²) < 4.78 is 52.6. The molecule has 0 amide bonds. The highest BCUT2D eigenvalue weighted by Crippen LogP contribution is 2.39. The molecule has 1 fully saturated rings. The Balaban J connectivity index is 2.38. The van der Waals surface area contributed by atoms with Gasteiger partial charge in [0.1, 0.15) is 5.82 Å². The van der Waals surface area contributed by atoms with Gasteiger partial charge in [-0.15, -0.1) is 0 Å². The van der Waals surface area contributed by atoms with Gasteiger partial charge in [0.2, 0.25) is 0 Å². The molecule has 1 N–H and O–H groups in total. The summed E-state index contributed by atoms with van der Waals surface area (Å²) in [5.74, 6) is -0.911. The van der Waals surface area contributed by atoms with Gasteiger partial charge in [-0.25, -0.2) is 4.39 Å². The van der Waals surface area contributed by atoms with Crippen LogP contribution in [0.2, 0.25) is 0 Å². The Labute approximate surface area is 116 Å². The highest BCUT2D eigenvalue weighted by Gasteiger charge is 2.37. The van der Waals surface area contributed by atoms with Gasteiger partial charge >= 0.3 is 6.18 Å². The maximum absolute atomic E-state index is 14.2. The highest BCUT2D eigenvalue weighted by atomic mass is 19.4. The second-order valence-corrected chi connectivity index (χ2v) is 5.29. The number of hydrogen-bond donors (Lipinski definition) is 1. The predicted octanol–water partition coefficient (Wildman–Crippen LogP) is 4.69. The van der Waals surface area contributed by atoms with Crippen LogP contribution in [-0.2, 0) is 6.18 Å². The zero-order valence-electron chi connectivity index (χ0n) is 11.4. The molecule has 1 aliphatic rings. The first kappa shape index (κ1) is 15.3. The molecule has 1 atom stereocenters. The van der Waals surface area contributed by atoms with Crippen LogP contribution in [0.15, 0.2) is 18.2 Å². The minimum atomic E-state index is -4.65. The number of halogens is 4. The molecule has 2 rings (SSSR count). The van der Waals surface area contributed by atoms with E-state index < -0.39 is 17.6 Å². The molecular formula is C15H19F4N. The number of nitrogens with one attached hydrogen (secondary N) is 1. The number of benzene rings is 1. The minimum Gasteiger partial charge on any atom is -0.310 e. The van der Waals surface area contributed by atoms with E-state index in [0.29, 0.717) is 6.54 Å². The Kier molecular flexibility index (Phi) is 4.68. The van der Waals surface area contributed by atoms with E-state index in [2.05, 4.69) is 5.32 Å². The summed E-state index contributed by atoms with van der Waals surface area (Å²) in [5, 5.41) is 3.15. The fourth-order valence-corrected chi connectivity index (χ4v) is 3.05. The van der Waals surface area contributed by atoms with E-state index >= 15 is 0 Å². The van der Waals surface area contributed by atoms with Crippen molar-refractivity contribution in [1.82, 2.24) is 5.32 Å². The SMILES string of the molecule is CCNC(c1cccc(C(F)(F)F)c1F)C1CCCC1. The first-order valence-electron chi connectivity index (χ1n) is 7.04. The lowest BCUT2D eigenvalue weighted by Gasteiger charge is -2.26. The first-order valence-corrected chi connectivity index (χ1v) is 7.04. The quantitative estimate of drug-likeness (QED) is 0.793. The van der Waals surface area contributed by atoms with E-state index in [1.54, 1.807) is 0 Å². The molecule has 112 valence electrons. The minimum absolute atomic E-state index is 0.147. The van der Waals surface area contributed by atoms with Gasteiger partial charge in [-0.2, -0.15) is 13.2 Å². The van der Waals surface area contributed by atoms with E-state index in [1.165, 1.54) is 12.1 Å². The third-order valence-electron chi connectivity index (χ3n) is 3.96. The Morgan fingerprint density at radius 1 is 1.25 bits per heavy atom. The lowest BCUT2D eigenvalue weighted by atomic mass is 9.90. The van der Waals surface area contributed by atoms with E-state index in [0.717, 1.165) is 31.7 Å². The van der Waals surface area contributed by atoms with Crippen LogP contribution in [-0.4, -0.2) is 6.54 Å². The average Bonchev–Trinajstić information content (AvgIpc) is 2.89. The van der Waals surface area contributed by atoms with E-state index in [9.17, 15) is 17.6 Å². The van der Waals surface area contributed by atoms with Crippen LogP contribution in [0.3, 0.4) is 0 Å². The molecule has 0 heterocycles. The molecule has 1 saturated carbocycles. The summed E-state index contributed by atoms with van der Waals surface area (Å²) in [4.78, 5) is 0. The number of rotatable bonds is 4. The topological polar surface area (TPSA) is 12.0 Å². The Morgan fingerprint density at radius 3 is 2.45 bits per heavy atom. The van der Waals surface area contributed by atoms with E-state index in [4.69, 9.17) is 0 Å². The van der Waals surface area contributed by atoms with Gasteiger partial charge < -0.3 is 5.32 Å². The molecule has 1 nitrogen and oxygen atoms in total. The summed E-state index contributed by atoms with van der Waals surface area (Å²) in [7, 11) is 0. The fourth-order valence-electron chi connectivity index (χ4n) is 3.05. The smallest absolute Gasteiger partial charge is 0.310 e.